The molecule has 4 heteroatoms. The number of benzene rings is 2. The second kappa shape index (κ2) is 5.02. The van der Waals surface area contributed by atoms with E-state index in [-0.39, 0.29) is 11.8 Å². The molecular formula is C16H14BrNO2. The molecule has 0 unspecified atom stereocenters. The van der Waals surface area contributed by atoms with Gasteiger partial charge in [0.2, 0.25) is 0 Å². The lowest BCUT2D eigenvalue weighted by Gasteiger charge is -2.27. The molecule has 0 N–H and O–H groups in total. The Bertz CT molecular complexity index is 724. The van der Waals surface area contributed by atoms with E-state index < -0.39 is 0 Å². The number of unbranched alkanes of at least 4 members (excludes halogenated alkanes) is 1. The minimum Gasteiger partial charge on any atom is -0.274 e. The average Bonchev–Trinajstić information content (AvgIpc) is 2.44. The number of rotatable bonds is 3. The second-order valence-corrected chi connectivity index (χ2v) is 5.89. The van der Waals surface area contributed by atoms with Crippen LogP contribution in [-0.4, -0.2) is 23.3 Å². The third-order valence-corrected chi connectivity index (χ3v) is 4.09. The Labute approximate surface area is 125 Å². The summed E-state index contributed by atoms with van der Waals surface area (Å²) in [5, 5.41) is 1.70. The molecule has 0 aliphatic carbocycles. The van der Waals surface area contributed by atoms with Gasteiger partial charge in [0.25, 0.3) is 11.8 Å². The summed E-state index contributed by atoms with van der Waals surface area (Å²) in [7, 11) is 0. The smallest absolute Gasteiger partial charge is 0.261 e. The SMILES string of the molecule is CCCCN1C(=O)c2cccc3cc(Br)cc(c23)C1=O. The Balaban J connectivity index is 2.23. The third kappa shape index (κ3) is 1.95. The van der Waals surface area contributed by atoms with E-state index in [1.165, 1.54) is 4.90 Å². The number of hydrogen-bond acceptors (Lipinski definition) is 2. The zero-order chi connectivity index (χ0) is 14.3. The number of nitrogens with zero attached hydrogens (tertiary/aromatic N) is 1. The van der Waals surface area contributed by atoms with Crippen LogP contribution in [0.4, 0.5) is 0 Å². The Kier molecular flexibility index (Phi) is 3.34. The summed E-state index contributed by atoms with van der Waals surface area (Å²) in [4.78, 5) is 26.4. The molecule has 0 bridgehead atoms. The number of carbonyl (C=O) groups is 2. The molecule has 3 rings (SSSR count). The highest BCUT2D eigenvalue weighted by atomic mass is 79.9. The van der Waals surface area contributed by atoms with E-state index in [2.05, 4.69) is 15.9 Å². The number of imide groups is 1. The minimum absolute atomic E-state index is 0.177. The molecule has 0 aromatic heterocycles. The van der Waals surface area contributed by atoms with Crippen molar-refractivity contribution in [2.24, 2.45) is 0 Å². The molecule has 2 amide bonds. The maximum Gasteiger partial charge on any atom is 0.261 e. The van der Waals surface area contributed by atoms with Crippen LogP contribution >= 0.6 is 15.9 Å². The minimum atomic E-state index is -0.187. The highest BCUT2D eigenvalue weighted by Crippen LogP contribution is 2.32. The Hall–Kier alpha value is -1.68. The summed E-state index contributed by atoms with van der Waals surface area (Å²) in [6.45, 7) is 2.53. The van der Waals surface area contributed by atoms with Gasteiger partial charge in [-0.2, -0.15) is 0 Å². The van der Waals surface area contributed by atoms with Crippen LogP contribution < -0.4 is 0 Å². The predicted octanol–water partition coefficient (Wildman–Crippen LogP) is 4.00. The van der Waals surface area contributed by atoms with Gasteiger partial charge < -0.3 is 0 Å². The third-order valence-electron chi connectivity index (χ3n) is 3.63. The Morgan fingerprint density at radius 3 is 2.60 bits per heavy atom. The van der Waals surface area contributed by atoms with Gasteiger partial charge in [-0.15, -0.1) is 0 Å². The van der Waals surface area contributed by atoms with Gasteiger partial charge in [0.15, 0.2) is 0 Å². The molecule has 0 radical (unpaired) electrons. The highest BCUT2D eigenvalue weighted by molar-refractivity contribution is 9.10. The van der Waals surface area contributed by atoms with Crippen molar-refractivity contribution in [2.45, 2.75) is 19.8 Å². The Morgan fingerprint density at radius 1 is 1.10 bits per heavy atom. The van der Waals surface area contributed by atoms with Crippen molar-refractivity contribution < 1.29 is 9.59 Å². The normalized spacial score (nSPS) is 14.2. The molecule has 3 nitrogen and oxygen atoms in total. The molecule has 102 valence electrons. The number of amides is 2. The zero-order valence-corrected chi connectivity index (χ0v) is 12.7. The lowest BCUT2D eigenvalue weighted by atomic mass is 9.94. The molecule has 1 aliphatic heterocycles. The first kappa shape index (κ1) is 13.3. The molecule has 0 saturated heterocycles. The van der Waals surface area contributed by atoms with Crippen LogP contribution in [0.2, 0.25) is 0 Å². The first-order valence-electron chi connectivity index (χ1n) is 6.72. The van der Waals surface area contributed by atoms with Crippen molar-refractivity contribution in [1.82, 2.24) is 4.90 Å². The molecule has 1 aliphatic rings. The summed E-state index contributed by atoms with van der Waals surface area (Å²) in [6, 6.07) is 9.33. The number of carbonyl (C=O) groups excluding carboxylic acids is 2. The highest BCUT2D eigenvalue weighted by Gasteiger charge is 2.32. The molecule has 0 spiro atoms. The van der Waals surface area contributed by atoms with Gasteiger partial charge in [0.1, 0.15) is 0 Å². The first-order chi connectivity index (χ1) is 9.63. The fourth-order valence-electron chi connectivity index (χ4n) is 2.64. The van der Waals surface area contributed by atoms with Gasteiger partial charge in [0.05, 0.1) is 0 Å². The van der Waals surface area contributed by atoms with E-state index in [9.17, 15) is 9.59 Å². The summed E-state index contributed by atoms with van der Waals surface area (Å²) in [6.07, 6.45) is 1.78. The lowest BCUT2D eigenvalue weighted by Crippen LogP contribution is -2.40. The van der Waals surface area contributed by atoms with Crippen LogP contribution in [-0.2, 0) is 0 Å². The summed E-state index contributed by atoms with van der Waals surface area (Å²) < 4.78 is 0.857. The summed E-state index contributed by atoms with van der Waals surface area (Å²) in [5.74, 6) is -0.364. The van der Waals surface area contributed by atoms with E-state index in [1.54, 1.807) is 12.1 Å². The standard InChI is InChI=1S/C16H14BrNO2/c1-2-3-7-18-15(19)12-6-4-5-10-8-11(17)9-13(14(10)12)16(18)20/h4-6,8-9H,2-3,7H2,1H3. The topological polar surface area (TPSA) is 37.4 Å². The van der Waals surface area contributed by atoms with Crippen molar-refractivity contribution in [3.05, 3.63) is 45.9 Å². The second-order valence-electron chi connectivity index (χ2n) is 4.97. The monoisotopic (exact) mass is 331 g/mol. The van der Waals surface area contributed by atoms with Gasteiger partial charge in [0, 0.05) is 27.5 Å². The predicted molar refractivity (Wildman–Crippen MR) is 81.9 cm³/mol. The van der Waals surface area contributed by atoms with Gasteiger partial charge in [-0.25, -0.2) is 0 Å². The first-order valence-corrected chi connectivity index (χ1v) is 7.51. The van der Waals surface area contributed by atoms with Crippen molar-refractivity contribution in [2.75, 3.05) is 6.54 Å². The van der Waals surface area contributed by atoms with E-state index in [1.807, 2.05) is 25.1 Å². The van der Waals surface area contributed by atoms with Gasteiger partial charge >= 0.3 is 0 Å². The van der Waals surface area contributed by atoms with Crippen molar-refractivity contribution >= 4 is 38.5 Å². The zero-order valence-electron chi connectivity index (χ0n) is 11.1. The van der Waals surface area contributed by atoms with E-state index in [4.69, 9.17) is 0 Å². The van der Waals surface area contributed by atoms with Crippen LogP contribution in [0.15, 0.2) is 34.8 Å². The van der Waals surface area contributed by atoms with Crippen LogP contribution in [0.1, 0.15) is 40.5 Å². The molecule has 20 heavy (non-hydrogen) atoms. The maximum atomic E-state index is 12.6. The van der Waals surface area contributed by atoms with E-state index in [0.29, 0.717) is 17.7 Å². The van der Waals surface area contributed by atoms with Crippen LogP contribution in [0.25, 0.3) is 10.8 Å². The van der Waals surface area contributed by atoms with Gasteiger partial charge in [-0.3, -0.25) is 14.5 Å². The summed E-state index contributed by atoms with van der Waals surface area (Å²) >= 11 is 3.43. The molecule has 2 aromatic rings. The van der Waals surface area contributed by atoms with Gasteiger partial charge in [-0.1, -0.05) is 41.4 Å². The van der Waals surface area contributed by atoms with Crippen LogP contribution in [0.5, 0.6) is 0 Å². The maximum absolute atomic E-state index is 12.6. The molecule has 1 heterocycles. The van der Waals surface area contributed by atoms with Crippen molar-refractivity contribution in [3.8, 4) is 0 Å². The molecule has 0 saturated carbocycles. The summed E-state index contributed by atoms with van der Waals surface area (Å²) in [5.41, 5.74) is 1.24. The molecular weight excluding hydrogens is 318 g/mol. The van der Waals surface area contributed by atoms with E-state index in [0.717, 1.165) is 28.1 Å². The average molecular weight is 332 g/mol. The van der Waals surface area contributed by atoms with Crippen LogP contribution in [0, 0.1) is 0 Å². The number of halogens is 1. The number of hydrogen-bond donors (Lipinski definition) is 0. The van der Waals surface area contributed by atoms with Gasteiger partial charge in [-0.05, 0) is 30.0 Å². The van der Waals surface area contributed by atoms with E-state index >= 15 is 0 Å². The quantitative estimate of drug-likeness (QED) is 0.797. The largest absolute Gasteiger partial charge is 0.274 e. The molecule has 0 fully saturated rings. The fourth-order valence-corrected chi connectivity index (χ4v) is 3.12. The van der Waals surface area contributed by atoms with Crippen molar-refractivity contribution in [3.63, 3.8) is 0 Å². The fraction of sp³-hybridized carbons (Fsp3) is 0.250. The Morgan fingerprint density at radius 2 is 1.85 bits per heavy atom. The molecule has 0 atom stereocenters. The lowest BCUT2D eigenvalue weighted by molar-refractivity contribution is 0.0608. The van der Waals surface area contributed by atoms with Crippen molar-refractivity contribution in [1.29, 1.82) is 0 Å². The molecule has 2 aromatic carbocycles. The van der Waals surface area contributed by atoms with Crippen LogP contribution in [0.3, 0.4) is 0 Å².